The van der Waals surface area contributed by atoms with E-state index in [0.29, 0.717) is 18.1 Å². The topological polar surface area (TPSA) is 71.2 Å². The van der Waals surface area contributed by atoms with Gasteiger partial charge in [0.05, 0.1) is 24.5 Å². The maximum Gasteiger partial charge on any atom is 0.227 e. The number of hydrogen-bond acceptors (Lipinski definition) is 5. The smallest absolute Gasteiger partial charge is 0.227 e. The second-order valence-electron chi connectivity index (χ2n) is 6.67. The van der Waals surface area contributed by atoms with Crippen LogP contribution in [-0.4, -0.2) is 37.5 Å². The Bertz CT molecular complexity index is 701. The van der Waals surface area contributed by atoms with Crippen molar-refractivity contribution in [3.63, 3.8) is 0 Å². The van der Waals surface area contributed by atoms with E-state index < -0.39 is 5.60 Å². The third-order valence-electron chi connectivity index (χ3n) is 4.16. The molecule has 0 radical (unpaired) electrons. The summed E-state index contributed by atoms with van der Waals surface area (Å²) in [5.74, 6) is 0.135. The standard InChI is InChI=1S/C16H22N4O2S/c1-16(2,22)15-18-12(9-23-15)8-19(3)14(21)11-4-5-13-6-17-10-20(13)7-11/h6,9-11,22H,4-5,7-8H2,1-3H3. The fourth-order valence-corrected chi connectivity index (χ4v) is 3.70. The summed E-state index contributed by atoms with van der Waals surface area (Å²) in [4.78, 5) is 23.0. The molecule has 0 saturated carbocycles. The summed E-state index contributed by atoms with van der Waals surface area (Å²) < 4.78 is 2.06. The lowest BCUT2D eigenvalue weighted by Crippen LogP contribution is -2.37. The second-order valence-corrected chi connectivity index (χ2v) is 7.53. The first kappa shape index (κ1) is 16.1. The van der Waals surface area contributed by atoms with Gasteiger partial charge >= 0.3 is 0 Å². The minimum Gasteiger partial charge on any atom is -0.383 e. The van der Waals surface area contributed by atoms with Crippen molar-refractivity contribution in [1.82, 2.24) is 19.4 Å². The summed E-state index contributed by atoms with van der Waals surface area (Å²) in [7, 11) is 1.81. The molecule has 6 nitrogen and oxygen atoms in total. The number of aromatic nitrogens is 3. The van der Waals surface area contributed by atoms with Crippen molar-refractivity contribution in [2.24, 2.45) is 5.92 Å². The lowest BCUT2D eigenvalue weighted by molar-refractivity contribution is -0.135. The van der Waals surface area contributed by atoms with Gasteiger partial charge in [0.2, 0.25) is 5.91 Å². The molecule has 0 fully saturated rings. The molecule has 1 N–H and O–H groups in total. The number of amides is 1. The summed E-state index contributed by atoms with van der Waals surface area (Å²) >= 11 is 1.43. The lowest BCUT2D eigenvalue weighted by atomic mass is 9.97. The number of carbonyl (C=O) groups is 1. The molecule has 2 aromatic heterocycles. The first-order valence-corrected chi connectivity index (χ1v) is 8.64. The van der Waals surface area contributed by atoms with E-state index in [9.17, 15) is 9.90 Å². The van der Waals surface area contributed by atoms with E-state index in [-0.39, 0.29) is 11.8 Å². The van der Waals surface area contributed by atoms with Crippen LogP contribution in [0.5, 0.6) is 0 Å². The van der Waals surface area contributed by atoms with Crippen molar-refractivity contribution in [3.05, 3.63) is 34.3 Å². The molecular formula is C16H22N4O2S. The van der Waals surface area contributed by atoms with Crippen LogP contribution in [0.3, 0.4) is 0 Å². The SMILES string of the molecule is CN(Cc1csc(C(C)(C)O)n1)C(=O)C1CCc2cncn2C1. The molecule has 1 atom stereocenters. The summed E-state index contributed by atoms with van der Waals surface area (Å²) in [5, 5.41) is 12.6. The zero-order chi connectivity index (χ0) is 16.6. The zero-order valence-corrected chi connectivity index (χ0v) is 14.5. The maximum absolute atomic E-state index is 12.7. The predicted molar refractivity (Wildman–Crippen MR) is 87.9 cm³/mol. The molecule has 0 spiro atoms. The van der Waals surface area contributed by atoms with E-state index >= 15 is 0 Å². The molecule has 0 bridgehead atoms. The van der Waals surface area contributed by atoms with Gasteiger partial charge in [0.25, 0.3) is 0 Å². The van der Waals surface area contributed by atoms with Gasteiger partial charge in [0, 0.05) is 30.9 Å². The van der Waals surface area contributed by atoms with Crippen molar-refractivity contribution in [2.45, 2.75) is 45.4 Å². The highest BCUT2D eigenvalue weighted by atomic mass is 32.1. The van der Waals surface area contributed by atoms with Crippen LogP contribution in [0.2, 0.25) is 0 Å². The Labute approximate surface area is 139 Å². The van der Waals surface area contributed by atoms with Crippen molar-refractivity contribution >= 4 is 17.2 Å². The fraction of sp³-hybridized carbons (Fsp3) is 0.562. The molecule has 0 saturated heterocycles. The van der Waals surface area contributed by atoms with Crippen LogP contribution in [0.1, 0.15) is 36.7 Å². The van der Waals surface area contributed by atoms with Gasteiger partial charge in [-0.2, -0.15) is 0 Å². The van der Waals surface area contributed by atoms with Crippen LogP contribution in [0, 0.1) is 5.92 Å². The van der Waals surface area contributed by atoms with Crippen LogP contribution < -0.4 is 0 Å². The summed E-state index contributed by atoms with van der Waals surface area (Å²) in [5.41, 5.74) is 1.08. The number of rotatable bonds is 4. The molecule has 23 heavy (non-hydrogen) atoms. The largest absolute Gasteiger partial charge is 0.383 e. The normalized spacial score (nSPS) is 17.8. The first-order chi connectivity index (χ1) is 10.8. The number of hydrogen-bond donors (Lipinski definition) is 1. The Balaban J connectivity index is 1.63. The van der Waals surface area contributed by atoms with Gasteiger partial charge in [-0.25, -0.2) is 9.97 Å². The van der Waals surface area contributed by atoms with E-state index in [4.69, 9.17) is 0 Å². The minimum absolute atomic E-state index is 0.00547. The fourth-order valence-electron chi connectivity index (χ4n) is 2.87. The van der Waals surface area contributed by atoms with E-state index in [2.05, 4.69) is 14.5 Å². The van der Waals surface area contributed by atoms with Crippen molar-refractivity contribution in [2.75, 3.05) is 7.05 Å². The van der Waals surface area contributed by atoms with Crippen molar-refractivity contribution < 1.29 is 9.90 Å². The Kier molecular flexibility index (Phi) is 4.25. The molecule has 2 aromatic rings. The molecule has 3 heterocycles. The molecule has 0 aliphatic carbocycles. The highest BCUT2D eigenvalue weighted by molar-refractivity contribution is 7.09. The Morgan fingerprint density at radius 3 is 3.04 bits per heavy atom. The van der Waals surface area contributed by atoms with Crippen LogP contribution in [0.25, 0.3) is 0 Å². The Morgan fingerprint density at radius 1 is 1.57 bits per heavy atom. The highest BCUT2D eigenvalue weighted by Crippen LogP contribution is 2.25. The van der Waals surface area contributed by atoms with Crippen LogP contribution in [0.4, 0.5) is 0 Å². The number of thiazole rings is 1. The molecule has 1 unspecified atom stereocenters. The second kappa shape index (κ2) is 6.05. The summed E-state index contributed by atoms with van der Waals surface area (Å²) in [6, 6.07) is 0. The monoisotopic (exact) mass is 334 g/mol. The zero-order valence-electron chi connectivity index (χ0n) is 13.7. The molecular weight excluding hydrogens is 312 g/mol. The highest BCUT2D eigenvalue weighted by Gasteiger charge is 2.27. The number of carbonyl (C=O) groups excluding carboxylic acids is 1. The first-order valence-electron chi connectivity index (χ1n) is 7.76. The molecule has 1 aliphatic heterocycles. The van der Waals surface area contributed by atoms with E-state index in [1.807, 2.05) is 18.6 Å². The predicted octanol–water partition coefficient (Wildman–Crippen LogP) is 1.79. The summed E-state index contributed by atoms with van der Waals surface area (Å²) in [6.07, 6.45) is 5.42. The molecule has 3 rings (SSSR count). The van der Waals surface area contributed by atoms with Gasteiger partial charge in [-0.15, -0.1) is 11.3 Å². The molecule has 124 valence electrons. The lowest BCUT2D eigenvalue weighted by Gasteiger charge is -2.27. The number of nitrogens with zero attached hydrogens (tertiary/aromatic N) is 4. The van der Waals surface area contributed by atoms with Gasteiger partial charge in [0.15, 0.2) is 0 Å². The third-order valence-corrected chi connectivity index (χ3v) is 5.37. The molecule has 1 aliphatic rings. The van der Waals surface area contributed by atoms with Crippen molar-refractivity contribution in [3.8, 4) is 0 Å². The van der Waals surface area contributed by atoms with Crippen LogP contribution in [0.15, 0.2) is 17.9 Å². The molecule has 0 aromatic carbocycles. The van der Waals surface area contributed by atoms with Gasteiger partial charge < -0.3 is 14.6 Å². The third kappa shape index (κ3) is 3.45. The number of aryl methyl sites for hydroxylation is 1. The average molecular weight is 334 g/mol. The van der Waals surface area contributed by atoms with Gasteiger partial charge in [-0.05, 0) is 26.7 Å². The minimum atomic E-state index is -0.938. The van der Waals surface area contributed by atoms with Crippen LogP contribution in [-0.2, 0) is 29.9 Å². The average Bonchev–Trinajstić information content (AvgIpc) is 3.13. The maximum atomic E-state index is 12.7. The molecule has 7 heteroatoms. The number of fused-ring (bicyclic) bond motifs is 1. The molecule has 1 amide bonds. The van der Waals surface area contributed by atoms with E-state index in [1.165, 1.54) is 17.0 Å². The Morgan fingerprint density at radius 2 is 2.35 bits per heavy atom. The van der Waals surface area contributed by atoms with Crippen molar-refractivity contribution in [1.29, 1.82) is 0 Å². The van der Waals surface area contributed by atoms with Gasteiger partial charge in [-0.1, -0.05) is 0 Å². The Hall–Kier alpha value is -1.73. The van der Waals surface area contributed by atoms with Gasteiger partial charge in [0.1, 0.15) is 10.6 Å². The van der Waals surface area contributed by atoms with Gasteiger partial charge in [-0.3, -0.25) is 4.79 Å². The van der Waals surface area contributed by atoms with Crippen LogP contribution >= 0.6 is 11.3 Å². The number of aliphatic hydroxyl groups is 1. The van der Waals surface area contributed by atoms with E-state index in [1.54, 1.807) is 25.1 Å². The quantitative estimate of drug-likeness (QED) is 0.925. The summed E-state index contributed by atoms with van der Waals surface area (Å²) in [6.45, 7) is 4.60. The van der Waals surface area contributed by atoms with E-state index in [0.717, 1.165) is 18.5 Å². The number of imidazole rings is 1.